The Kier molecular flexibility index (Phi) is 9.79. The number of ether oxygens (including phenoxy) is 2. The Labute approximate surface area is 188 Å². The van der Waals surface area contributed by atoms with E-state index in [-0.39, 0.29) is 12.4 Å². The number of nitrogens with zero attached hydrogens (tertiary/aromatic N) is 3. The number of unbranched alkanes of at least 4 members (excludes halogenated alkanes) is 1. The van der Waals surface area contributed by atoms with Crippen molar-refractivity contribution in [3.63, 3.8) is 0 Å². The summed E-state index contributed by atoms with van der Waals surface area (Å²) in [6.45, 7) is 6.62. The van der Waals surface area contributed by atoms with Crippen LogP contribution in [0.1, 0.15) is 50.3 Å². The van der Waals surface area contributed by atoms with Gasteiger partial charge in [0, 0.05) is 5.38 Å². The van der Waals surface area contributed by atoms with Gasteiger partial charge in [-0.05, 0) is 82.1 Å². The highest BCUT2D eigenvalue weighted by molar-refractivity contribution is 7.13. The molecule has 0 saturated carbocycles. The second-order valence-electron chi connectivity index (χ2n) is 7.52. The lowest BCUT2D eigenvalue weighted by molar-refractivity contribution is -0.142. The van der Waals surface area contributed by atoms with Crippen LogP contribution in [0.15, 0.2) is 34.7 Å². The Morgan fingerprint density at radius 2 is 2.03 bits per heavy atom. The summed E-state index contributed by atoms with van der Waals surface area (Å²) in [4.78, 5) is 18.4. The minimum Gasteiger partial charge on any atom is -0.494 e. The van der Waals surface area contributed by atoms with Crippen molar-refractivity contribution in [3.8, 4) is 5.75 Å². The van der Waals surface area contributed by atoms with E-state index in [2.05, 4.69) is 20.4 Å². The van der Waals surface area contributed by atoms with Crippen LogP contribution in [-0.2, 0) is 16.0 Å². The summed E-state index contributed by atoms with van der Waals surface area (Å²) in [5, 5.41) is 6.68. The zero-order valence-corrected chi connectivity index (χ0v) is 19.0. The molecule has 0 aliphatic carbocycles. The highest BCUT2D eigenvalue weighted by Crippen LogP contribution is 2.16. The van der Waals surface area contributed by atoms with Crippen molar-refractivity contribution in [1.82, 2.24) is 9.88 Å². The highest BCUT2D eigenvalue weighted by atomic mass is 32.1. The monoisotopic (exact) mass is 444 g/mol. The topological polar surface area (TPSA) is 76.1 Å². The summed E-state index contributed by atoms with van der Waals surface area (Å²) in [6.07, 6.45) is 8.26. The van der Waals surface area contributed by atoms with E-state index in [1.165, 1.54) is 56.7 Å². The molecule has 1 aromatic heterocycles. The standard InChI is InChI=1S/C23H32N4O3S/c1-2-29-22(28)16-20-18-31-23(25-20)26-24-17-19-8-10-21(11-9-19)30-15-7-6-14-27-12-4-3-5-13-27/h8-11,17-18H,2-7,12-16H2,1H3,(H,25,26). The molecule has 8 heteroatoms. The molecule has 3 rings (SSSR count). The minimum atomic E-state index is -0.271. The summed E-state index contributed by atoms with van der Waals surface area (Å²) in [6, 6.07) is 7.88. The average Bonchev–Trinajstić information content (AvgIpc) is 3.22. The molecule has 0 bridgehead atoms. The van der Waals surface area contributed by atoms with Crippen LogP contribution in [0, 0.1) is 0 Å². The number of aromatic nitrogens is 1. The quantitative estimate of drug-likeness (QED) is 0.227. The third kappa shape index (κ3) is 8.67. The second-order valence-corrected chi connectivity index (χ2v) is 8.38. The van der Waals surface area contributed by atoms with Gasteiger partial charge < -0.3 is 14.4 Å². The van der Waals surface area contributed by atoms with Crippen LogP contribution in [0.3, 0.4) is 0 Å². The maximum atomic E-state index is 11.5. The van der Waals surface area contributed by atoms with Crippen molar-refractivity contribution in [2.45, 2.75) is 45.4 Å². The fourth-order valence-corrected chi connectivity index (χ4v) is 4.08. The SMILES string of the molecule is CCOC(=O)Cc1csc(NN=Cc2ccc(OCCCCN3CCCCC3)cc2)n1. The van der Waals surface area contributed by atoms with E-state index in [1.807, 2.05) is 29.6 Å². The molecule has 1 aliphatic heterocycles. The number of nitrogens with one attached hydrogen (secondary N) is 1. The van der Waals surface area contributed by atoms with Gasteiger partial charge in [-0.1, -0.05) is 6.42 Å². The van der Waals surface area contributed by atoms with Crippen molar-refractivity contribution in [1.29, 1.82) is 0 Å². The molecule has 31 heavy (non-hydrogen) atoms. The molecule has 1 aliphatic rings. The number of carbonyl (C=O) groups excluding carboxylic acids is 1. The number of benzene rings is 1. The first-order valence-electron chi connectivity index (χ1n) is 11.1. The maximum Gasteiger partial charge on any atom is 0.311 e. The van der Waals surface area contributed by atoms with Crippen molar-refractivity contribution in [2.75, 3.05) is 38.3 Å². The maximum absolute atomic E-state index is 11.5. The van der Waals surface area contributed by atoms with Gasteiger partial charge >= 0.3 is 5.97 Å². The fraction of sp³-hybridized carbons (Fsp3) is 0.522. The summed E-state index contributed by atoms with van der Waals surface area (Å²) in [7, 11) is 0. The van der Waals surface area contributed by atoms with Crippen LogP contribution < -0.4 is 10.2 Å². The molecular weight excluding hydrogens is 412 g/mol. The molecule has 1 saturated heterocycles. The van der Waals surface area contributed by atoms with Gasteiger partial charge in [0.1, 0.15) is 5.75 Å². The number of hydrogen-bond acceptors (Lipinski definition) is 8. The molecule has 0 atom stereocenters. The van der Waals surface area contributed by atoms with Crippen molar-refractivity contribution in [2.24, 2.45) is 5.10 Å². The average molecular weight is 445 g/mol. The third-order valence-electron chi connectivity index (χ3n) is 5.02. The normalized spacial score (nSPS) is 14.6. The number of piperidine rings is 1. The predicted octanol–water partition coefficient (Wildman–Crippen LogP) is 4.34. The Balaban J connectivity index is 1.33. The number of hydrogen-bond donors (Lipinski definition) is 1. The molecule has 2 heterocycles. The first-order valence-corrected chi connectivity index (χ1v) is 11.9. The number of thiazole rings is 1. The van der Waals surface area contributed by atoms with Gasteiger partial charge in [0.25, 0.3) is 0 Å². The van der Waals surface area contributed by atoms with E-state index in [0.717, 1.165) is 24.3 Å². The van der Waals surface area contributed by atoms with E-state index < -0.39 is 0 Å². The zero-order chi connectivity index (χ0) is 21.7. The van der Waals surface area contributed by atoms with Crippen LogP contribution in [-0.4, -0.2) is 54.9 Å². The van der Waals surface area contributed by atoms with Crippen molar-refractivity contribution < 1.29 is 14.3 Å². The van der Waals surface area contributed by atoms with Crippen molar-refractivity contribution >= 4 is 28.7 Å². The van der Waals surface area contributed by atoms with Crippen LogP contribution in [0.4, 0.5) is 5.13 Å². The highest BCUT2D eigenvalue weighted by Gasteiger charge is 2.09. The van der Waals surface area contributed by atoms with Crippen molar-refractivity contribution in [3.05, 3.63) is 40.9 Å². The molecule has 0 unspecified atom stereocenters. The number of esters is 1. The molecule has 0 spiro atoms. The second kappa shape index (κ2) is 13.1. The Bertz CT molecular complexity index is 816. The van der Waals surface area contributed by atoms with Crippen LogP contribution >= 0.6 is 11.3 Å². The predicted molar refractivity (Wildman–Crippen MR) is 125 cm³/mol. The van der Waals surface area contributed by atoms with Gasteiger partial charge in [0.2, 0.25) is 5.13 Å². The molecule has 0 amide bonds. The molecule has 1 fully saturated rings. The molecule has 1 N–H and O–H groups in total. The van der Waals surface area contributed by atoms with E-state index in [4.69, 9.17) is 9.47 Å². The van der Waals surface area contributed by atoms with Crippen LogP contribution in [0.25, 0.3) is 0 Å². The van der Waals surface area contributed by atoms with Gasteiger partial charge in [-0.2, -0.15) is 5.10 Å². The first kappa shape index (κ1) is 23.2. The Morgan fingerprint density at radius 3 is 2.81 bits per heavy atom. The first-order chi connectivity index (χ1) is 15.2. The van der Waals surface area contributed by atoms with Crippen LogP contribution in [0.5, 0.6) is 5.75 Å². The fourth-order valence-electron chi connectivity index (χ4n) is 3.42. The minimum absolute atomic E-state index is 0.176. The summed E-state index contributed by atoms with van der Waals surface area (Å²) in [5.74, 6) is 0.610. The van der Waals surface area contributed by atoms with Gasteiger partial charge in [0.15, 0.2) is 0 Å². The zero-order valence-electron chi connectivity index (χ0n) is 18.2. The van der Waals surface area contributed by atoms with Gasteiger partial charge in [0.05, 0.1) is 31.5 Å². The Morgan fingerprint density at radius 1 is 1.23 bits per heavy atom. The van der Waals surface area contributed by atoms with Gasteiger partial charge in [-0.15, -0.1) is 11.3 Å². The lowest BCUT2D eigenvalue weighted by Gasteiger charge is -2.26. The number of likely N-dealkylation sites (tertiary alicyclic amines) is 1. The smallest absolute Gasteiger partial charge is 0.311 e. The molecule has 0 radical (unpaired) electrons. The van der Waals surface area contributed by atoms with E-state index in [1.54, 1.807) is 13.1 Å². The molecule has 168 valence electrons. The number of carbonyl (C=O) groups is 1. The van der Waals surface area contributed by atoms with E-state index in [9.17, 15) is 4.79 Å². The lowest BCUT2D eigenvalue weighted by atomic mass is 10.1. The lowest BCUT2D eigenvalue weighted by Crippen LogP contribution is -2.30. The third-order valence-corrected chi connectivity index (χ3v) is 5.82. The van der Waals surface area contributed by atoms with Gasteiger partial charge in [-0.25, -0.2) is 4.98 Å². The number of rotatable bonds is 12. The molecule has 2 aromatic rings. The molecule has 7 nitrogen and oxygen atoms in total. The number of hydrazone groups is 1. The van der Waals surface area contributed by atoms with E-state index >= 15 is 0 Å². The molecular formula is C23H32N4O3S. The summed E-state index contributed by atoms with van der Waals surface area (Å²) >= 11 is 1.40. The number of anilines is 1. The molecule has 1 aromatic carbocycles. The van der Waals surface area contributed by atoms with Crippen LogP contribution in [0.2, 0.25) is 0 Å². The largest absolute Gasteiger partial charge is 0.494 e. The Hall–Kier alpha value is -2.45. The summed E-state index contributed by atoms with van der Waals surface area (Å²) < 4.78 is 10.8. The van der Waals surface area contributed by atoms with Gasteiger partial charge in [-0.3, -0.25) is 10.2 Å². The summed E-state index contributed by atoms with van der Waals surface area (Å²) in [5.41, 5.74) is 4.54. The van der Waals surface area contributed by atoms with E-state index in [0.29, 0.717) is 17.4 Å².